The predicted octanol–water partition coefficient (Wildman–Crippen LogP) is 2.45. The molecule has 0 aliphatic rings. The number of amides is 1. The van der Waals surface area contributed by atoms with Crippen LogP contribution in [0.1, 0.15) is 33.6 Å². The summed E-state index contributed by atoms with van der Waals surface area (Å²) in [6.07, 6.45) is 1.23. The van der Waals surface area contributed by atoms with Gasteiger partial charge in [-0.05, 0) is 44.5 Å². The van der Waals surface area contributed by atoms with Crippen molar-refractivity contribution in [3.05, 3.63) is 24.3 Å². The minimum absolute atomic E-state index is 0.0672. The fourth-order valence-corrected chi connectivity index (χ4v) is 2.97. The number of carbonyl (C=O) groups excluding carboxylic acids is 1. The smallest absolute Gasteiger partial charge is 0.243 e. The summed E-state index contributed by atoms with van der Waals surface area (Å²) >= 11 is 0. The molecule has 1 aromatic rings. The maximum Gasteiger partial charge on any atom is 0.243 e. The van der Waals surface area contributed by atoms with Crippen LogP contribution in [0.3, 0.4) is 0 Å². The number of benzene rings is 1. The molecule has 6 heteroatoms. The zero-order valence-electron chi connectivity index (χ0n) is 12.4. The topological polar surface area (TPSA) is 66.5 Å². The molecule has 20 heavy (non-hydrogen) atoms. The summed E-state index contributed by atoms with van der Waals surface area (Å²) in [6.45, 7) is 5.56. The van der Waals surface area contributed by atoms with Crippen LogP contribution in [0.5, 0.6) is 0 Å². The third-order valence-corrected chi connectivity index (χ3v) is 5.07. The molecule has 0 heterocycles. The first-order valence-corrected chi connectivity index (χ1v) is 8.11. The van der Waals surface area contributed by atoms with Crippen molar-refractivity contribution < 1.29 is 13.2 Å². The highest BCUT2D eigenvalue weighted by molar-refractivity contribution is 7.89. The maximum atomic E-state index is 12.2. The summed E-state index contributed by atoms with van der Waals surface area (Å²) in [5.74, 6) is -0.0672. The Kier molecular flexibility index (Phi) is 5.71. The average molecular weight is 298 g/mol. The largest absolute Gasteiger partial charge is 0.326 e. The molecule has 1 N–H and O–H groups in total. The fraction of sp³-hybridized carbons (Fsp3) is 0.500. The number of rotatable bonds is 6. The van der Waals surface area contributed by atoms with Gasteiger partial charge in [0.25, 0.3) is 0 Å². The molecule has 0 unspecified atom stereocenters. The molecule has 1 amide bonds. The Balaban J connectivity index is 2.89. The SMILES string of the molecule is CCCC(=O)Nc1ccc(S(=O)(=O)N(C)C(C)C)cc1. The van der Waals surface area contributed by atoms with E-state index >= 15 is 0 Å². The summed E-state index contributed by atoms with van der Waals surface area (Å²) < 4.78 is 25.8. The van der Waals surface area contributed by atoms with Gasteiger partial charge in [-0.15, -0.1) is 0 Å². The second kappa shape index (κ2) is 6.85. The van der Waals surface area contributed by atoms with Crippen molar-refractivity contribution in [2.75, 3.05) is 12.4 Å². The van der Waals surface area contributed by atoms with E-state index in [0.717, 1.165) is 6.42 Å². The highest BCUT2D eigenvalue weighted by atomic mass is 32.2. The predicted molar refractivity (Wildman–Crippen MR) is 80.1 cm³/mol. The highest BCUT2D eigenvalue weighted by Crippen LogP contribution is 2.19. The van der Waals surface area contributed by atoms with Gasteiger partial charge < -0.3 is 5.32 Å². The van der Waals surface area contributed by atoms with E-state index in [1.54, 1.807) is 19.2 Å². The molecule has 0 bridgehead atoms. The molecule has 1 rings (SSSR count). The van der Waals surface area contributed by atoms with Crippen molar-refractivity contribution in [3.8, 4) is 0 Å². The van der Waals surface area contributed by atoms with Gasteiger partial charge in [0.2, 0.25) is 15.9 Å². The van der Waals surface area contributed by atoms with E-state index in [9.17, 15) is 13.2 Å². The van der Waals surface area contributed by atoms with E-state index in [4.69, 9.17) is 0 Å². The van der Waals surface area contributed by atoms with Crippen LogP contribution in [-0.4, -0.2) is 31.7 Å². The van der Waals surface area contributed by atoms with Crippen molar-refractivity contribution >= 4 is 21.6 Å². The van der Waals surface area contributed by atoms with Crippen molar-refractivity contribution in [2.24, 2.45) is 0 Å². The van der Waals surface area contributed by atoms with E-state index in [1.165, 1.54) is 16.4 Å². The second-order valence-electron chi connectivity index (χ2n) is 4.94. The van der Waals surface area contributed by atoms with E-state index in [-0.39, 0.29) is 16.8 Å². The fourth-order valence-electron chi connectivity index (χ4n) is 1.60. The Morgan fingerprint density at radius 3 is 2.25 bits per heavy atom. The van der Waals surface area contributed by atoms with Crippen molar-refractivity contribution in [1.29, 1.82) is 0 Å². The van der Waals surface area contributed by atoms with Gasteiger partial charge in [0, 0.05) is 25.2 Å². The van der Waals surface area contributed by atoms with Crippen LogP contribution in [0.25, 0.3) is 0 Å². The Labute approximate surface area is 121 Å². The van der Waals surface area contributed by atoms with Gasteiger partial charge in [-0.25, -0.2) is 8.42 Å². The zero-order chi connectivity index (χ0) is 15.3. The number of hydrogen-bond acceptors (Lipinski definition) is 3. The van der Waals surface area contributed by atoms with Gasteiger partial charge >= 0.3 is 0 Å². The minimum atomic E-state index is -3.47. The number of carbonyl (C=O) groups is 1. The molecule has 0 aliphatic heterocycles. The first kappa shape index (κ1) is 16.7. The highest BCUT2D eigenvalue weighted by Gasteiger charge is 2.22. The molecule has 0 aliphatic carbocycles. The van der Waals surface area contributed by atoms with Crippen LogP contribution >= 0.6 is 0 Å². The summed E-state index contributed by atoms with van der Waals surface area (Å²) in [5.41, 5.74) is 0.606. The summed E-state index contributed by atoms with van der Waals surface area (Å²) in [6, 6.07) is 6.12. The lowest BCUT2D eigenvalue weighted by Crippen LogP contribution is -2.33. The van der Waals surface area contributed by atoms with E-state index < -0.39 is 10.0 Å². The molecule has 112 valence electrons. The number of anilines is 1. The molecule has 0 spiro atoms. The number of nitrogens with zero attached hydrogens (tertiary/aromatic N) is 1. The van der Waals surface area contributed by atoms with Gasteiger partial charge in [0.1, 0.15) is 0 Å². The molecule has 0 fully saturated rings. The Morgan fingerprint density at radius 1 is 1.25 bits per heavy atom. The van der Waals surface area contributed by atoms with Gasteiger partial charge in [-0.2, -0.15) is 4.31 Å². The molecule has 0 saturated heterocycles. The molecule has 0 aromatic heterocycles. The van der Waals surface area contributed by atoms with Gasteiger partial charge in [0.05, 0.1) is 4.90 Å². The van der Waals surface area contributed by atoms with Crippen molar-refractivity contribution in [3.63, 3.8) is 0 Å². The van der Waals surface area contributed by atoms with Crippen molar-refractivity contribution in [1.82, 2.24) is 4.31 Å². The number of sulfonamides is 1. The lowest BCUT2D eigenvalue weighted by Gasteiger charge is -2.21. The quantitative estimate of drug-likeness (QED) is 0.877. The van der Waals surface area contributed by atoms with Crippen LogP contribution in [0, 0.1) is 0 Å². The minimum Gasteiger partial charge on any atom is -0.326 e. The zero-order valence-corrected chi connectivity index (χ0v) is 13.2. The molecular weight excluding hydrogens is 276 g/mol. The molecule has 1 aromatic carbocycles. The Hall–Kier alpha value is -1.40. The first-order chi connectivity index (χ1) is 9.28. The lowest BCUT2D eigenvalue weighted by molar-refractivity contribution is -0.116. The Bertz CT molecular complexity index is 550. The van der Waals surface area contributed by atoms with Crippen molar-refractivity contribution in [2.45, 2.75) is 44.6 Å². The first-order valence-electron chi connectivity index (χ1n) is 6.67. The molecule has 0 saturated carbocycles. The normalized spacial score (nSPS) is 11.9. The van der Waals surface area contributed by atoms with Crippen LogP contribution in [0.15, 0.2) is 29.2 Å². The van der Waals surface area contributed by atoms with Gasteiger partial charge in [0.15, 0.2) is 0 Å². The molecule has 0 atom stereocenters. The summed E-state index contributed by atoms with van der Waals surface area (Å²) in [4.78, 5) is 11.7. The van der Waals surface area contributed by atoms with Gasteiger partial charge in [-0.1, -0.05) is 6.92 Å². The molecular formula is C14H22N2O3S. The standard InChI is InChI=1S/C14H22N2O3S/c1-5-6-14(17)15-12-7-9-13(10-8-12)20(18,19)16(4)11(2)3/h7-11H,5-6H2,1-4H3,(H,15,17). The van der Waals surface area contributed by atoms with Crippen LogP contribution < -0.4 is 5.32 Å². The third kappa shape index (κ3) is 4.05. The third-order valence-electron chi connectivity index (χ3n) is 3.02. The van der Waals surface area contributed by atoms with E-state index in [2.05, 4.69) is 5.32 Å². The van der Waals surface area contributed by atoms with Crippen LogP contribution in [0.4, 0.5) is 5.69 Å². The lowest BCUT2D eigenvalue weighted by atomic mass is 10.3. The monoisotopic (exact) mass is 298 g/mol. The number of nitrogens with one attached hydrogen (secondary N) is 1. The number of hydrogen-bond donors (Lipinski definition) is 1. The average Bonchev–Trinajstić information content (AvgIpc) is 2.38. The van der Waals surface area contributed by atoms with Crippen LogP contribution in [0.2, 0.25) is 0 Å². The second-order valence-corrected chi connectivity index (χ2v) is 6.94. The molecule has 5 nitrogen and oxygen atoms in total. The summed E-state index contributed by atoms with van der Waals surface area (Å²) in [5, 5.41) is 2.73. The van der Waals surface area contributed by atoms with E-state index in [1.807, 2.05) is 20.8 Å². The van der Waals surface area contributed by atoms with E-state index in [0.29, 0.717) is 12.1 Å². The summed E-state index contributed by atoms with van der Waals surface area (Å²) in [7, 11) is -1.92. The maximum absolute atomic E-state index is 12.2. The van der Waals surface area contributed by atoms with Crippen LogP contribution in [-0.2, 0) is 14.8 Å². The molecule has 0 radical (unpaired) electrons. The van der Waals surface area contributed by atoms with Gasteiger partial charge in [-0.3, -0.25) is 4.79 Å². The Morgan fingerprint density at radius 2 is 1.80 bits per heavy atom.